The Bertz CT molecular complexity index is 998. The topological polar surface area (TPSA) is 39.2 Å². The average molecular weight is 412 g/mol. The van der Waals surface area contributed by atoms with Crippen molar-refractivity contribution in [1.82, 2.24) is 4.98 Å². The minimum absolute atomic E-state index is 0.0706. The molecule has 0 radical (unpaired) electrons. The van der Waals surface area contributed by atoms with Gasteiger partial charge in [-0.2, -0.15) is 0 Å². The summed E-state index contributed by atoms with van der Waals surface area (Å²) in [5.41, 5.74) is 1.33. The van der Waals surface area contributed by atoms with Crippen molar-refractivity contribution in [2.45, 2.75) is 4.90 Å². The van der Waals surface area contributed by atoms with Gasteiger partial charge in [0.25, 0.3) is 0 Å². The molecule has 0 aliphatic rings. The Morgan fingerprint density at radius 1 is 1.11 bits per heavy atom. The molecule has 0 spiro atoms. The van der Waals surface area contributed by atoms with Gasteiger partial charge < -0.3 is 9.22 Å². The highest BCUT2D eigenvalue weighted by molar-refractivity contribution is 8.14. The van der Waals surface area contributed by atoms with Gasteiger partial charge in [0.2, 0.25) is 5.12 Å². The summed E-state index contributed by atoms with van der Waals surface area (Å²) in [6.07, 6.45) is 3.23. The summed E-state index contributed by atoms with van der Waals surface area (Å²) in [6.45, 7) is 1.36. The summed E-state index contributed by atoms with van der Waals surface area (Å²) in [7, 11) is 6.32. The number of hydrogen-bond acceptors (Lipinski definition) is 5. The molecule has 0 fully saturated rings. The second kappa shape index (κ2) is 8.82. The number of ether oxygens (including phenoxy) is 1. The van der Waals surface area contributed by atoms with E-state index in [-0.39, 0.29) is 5.12 Å². The molecule has 0 saturated heterocycles. The SMILES string of the molecule is C[N+](C)(C)CCOC(=S)c1cc2ccccc2cc1SC(=O)c1cccnc1. The highest BCUT2D eigenvalue weighted by Crippen LogP contribution is 2.31. The van der Waals surface area contributed by atoms with Crippen LogP contribution in [-0.4, -0.2) is 53.9 Å². The zero-order valence-corrected chi connectivity index (χ0v) is 17.8. The van der Waals surface area contributed by atoms with Crippen LogP contribution in [0.5, 0.6) is 0 Å². The summed E-state index contributed by atoms with van der Waals surface area (Å²) in [6, 6.07) is 15.5. The second-order valence-corrected chi connectivity index (χ2v) is 8.86. The maximum Gasteiger partial charge on any atom is 0.225 e. The van der Waals surface area contributed by atoms with Crippen LogP contribution in [0.15, 0.2) is 65.8 Å². The van der Waals surface area contributed by atoms with Gasteiger partial charge in [-0.1, -0.05) is 24.3 Å². The number of pyridine rings is 1. The van der Waals surface area contributed by atoms with E-state index >= 15 is 0 Å². The lowest BCUT2D eigenvalue weighted by Gasteiger charge is -2.24. The zero-order chi connectivity index (χ0) is 20.1. The molecule has 0 bridgehead atoms. The lowest BCUT2D eigenvalue weighted by atomic mass is 10.1. The first-order chi connectivity index (χ1) is 13.3. The number of thioether (sulfide) groups is 1. The third-order valence-corrected chi connectivity index (χ3v) is 5.48. The van der Waals surface area contributed by atoms with Gasteiger partial charge in [-0.15, -0.1) is 0 Å². The number of carbonyl (C=O) groups excluding carboxylic acids is 1. The van der Waals surface area contributed by atoms with Gasteiger partial charge in [0.15, 0.2) is 5.05 Å². The average Bonchev–Trinajstić information content (AvgIpc) is 2.67. The smallest absolute Gasteiger partial charge is 0.225 e. The van der Waals surface area contributed by atoms with Crippen LogP contribution in [0.3, 0.4) is 0 Å². The summed E-state index contributed by atoms with van der Waals surface area (Å²) in [5.74, 6) is 0. The van der Waals surface area contributed by atoms with Crippen LogP contribution in [0, 0.1) is 0 Å². The molecule has 0 saturated carbocycles. The number of hydrogen-bond donors (Lipinski definition) is 0. The summed E-state index contributed by atoms with van der Waals surface area (Å²) < 4.78 is 6.65. The molecule has 0 atom stereocenters. The molecule has 28 heavy (non-hydrogen) atoms. The van der Waals surface area contributed by atoms with Gasteiger partial charge in [-0.05, 0) is 59.0 Å². The predicted octanol–water partition coefficient (Wildman–Crippen LogP) is 4.57. The van der Waals surface area contributed by atoms with Crippen molar-refractivity contribution in [3.63, 3.8) is 0 Å². The largest absolute Gasteiger partial charge is 0.477 e. The van der Waals surface area contributed by atoms with Crippen LogP contribution in [0.4, 0.5) is 0 Å². The number of aromatic nitrogens is 1. The number of rotatable bonds is 6. The number of quaternary nitrogens is 1. The fourth-order valence-electron chi connectivity index (χ4n) is 2.60. The number of carbonyl (C=O) groups is 1. The van der Waals surface area contributed by atoms with Crippen LogP contribution in [0.1, 0.15) is 15.9 Å². The van der Waals surface area contributed by atoms with Crippen molar-refractivity contribution in [3.05, 3.63) is 72.1 Å². The van der Waals surface area contributed by atoms with Crippen molar-refractivity contribution in [2.75, 3.05) is 34.3 Å². The van der Waals surface area contributed by atoms with E-state index in [0.717, 1.165) is 44.0 Å². The van der Waals surface area contributed by atoms with Crippen molar-refractivity contribution in [1.29, 1.82) is 0 Å². The Morgan fingerprint density at radius 3 is 2.46 bits per heavy atom. The number of thiocarbonyl (C=S) groups is 1. The Hall–Kier alpha value is -2.28. The van der Waals surface area contributed by atoms with Gasteiger partial charge >= 0.3 is 0 Å². The molecular weight excluding hydrogens is 388 g/mol. The van der Waals surface area contributed by atoms with E-state index in [1.807, 2.05) is 36.4 Å². The van der Waals surface area contributed by atoms with E-state index in [4.69, 9.17) is 17.0 Å². The number of likely N-dealkylation sites (N-methyl/N-ethyl adjacent to an activating group) is 1. The molecule has 3 aromatic rings. The van der Waals surface area contributed by atoms with Crippen LogP contribution in [-0.2, 0) is 4.74 Å². The van der Waals surface area contributed by atoms with Gasteiger partial charge in [0.05, 0.1) is 21.1 Å². The van der Waals surface area contributed by atoms with Crippen LogP contribution in [0.25, 0.3) is 10.8 Å². The van der Waals surface area contributed by atoms with E-state index in [0.29, 0.717) is 17.2 Å². The lowest BCUT2D eigenvalue weighted by Crippen LogP contribution is -2.37. The number of nitrogens with zero attached hydrogens (tertiary/aromatic N) is 2. The maximum atomic E-state index is 12.7. The van der Waals surface area contributed by atoms with E-state index in [1.54, 1.807) is 24.5 Å². The maximum absolute atomic E-state index is 12.7. The first-order valence-corrected chi connectivity index (χ1v) is 10.2. The molecular formula is C22H23N2O2S2+. The van der Waals surface area contributed by atoms with Crippen molar-refractivity contribution in [2.24, 2.45) is 0 Å². The predicted molar refractivity (Wildman–Crippen MR) is 119 cm³/mol. The van der Waals surface area contributed by atoms with Crippen molar-refractivity contribution >= 4 is 44.9 Å². The molecule has 0 aliphatic heterocycles. The monoisotopic (exact) mass is 411 g/mol. The van der Waals surface area contributed by atoms with Gasteiger partial charge in [-0.25, -0.2) is 0 Å². The Balaban J connectivity index is 1.89. The summed E-state index contributed by atoms with van der Waals surface area (Å²) in [4.78, 5) is 17.5. The fraction of sp³-hybridized carbons (Fsp3) is 0.227. The molecule has 1 aromatic heterocycles. The van der Waals surface area contributed by atoms with Gasteiger partial charge in [-0.3, -0.25) is 9.78 Å². The Kier molecular flexibility index (Phi) is 6.44. The quantitative estimate of drug-likeness (QED) is 0.338. The third-order valence-electron chi connectivity index (χ3n) is 4.16. The van der Waals surface area contributed by atoms with E-state index in [9.17, 15) is 4.79 Å². The number of fused-ring (bicyclic) bond motifs is 1. The summed E-state index contributed by atoms with van der Waals surface area (Å²) >= 11 is 6.72. The molecule has 6 heteroatoms. The first-order valence-electron chi connectivity index (χ1n) is 8.96. The van der Waals surface area contributed by atoms with E-state index in [2.05, 4.69) is 26.1 Å². The Labute approximate surface area is 175 Å². The van der Waals surface area contributed by atoms with Crippen molar-refractivity contribution < 1.29 is 14.0 Å². The summed E-state index contributed by atoms with van der Waals surface area (Å²) in [5, 5.41) is 2.47. The van der Waals surface area contributed by atoms with Crippen LogP contribution < -0.4 is 0 Å². The highest BCUT2D eigenvalue weighted by atomic mass is 32.2. The van der Waals surface area contributed by atoms with E-state index in [1.165, 1.54) is 0 Å². The first kappa shape index (κ1) is 20.5. The molecule has 0 unspecified atom stereocenters. The minimum atomic E-state index is -0.0706. The molecule has 2 aromatic carbocycles. The van der Waals surface area contributed by atoms with E-state index < -0.39 is 0 Å². The van der Waals surface area contributed by atoms with Crippen molar-refractivity contribution in [3.8, 4) is 0 Å². The molecule has 0 N–H and O–H groups in total. The van der Waals surface area contributed by atoms with Crippen LogP contribution >= 0.6 is 24.0 Å². The molecule has 1 heterocycles. The highest BCUT2D eigenvalue weighted by Gasteiger charge is 2.17. The third kappa shape index (κ3) is 5.38. The molecule has 4 nitrogen and oxygen atoms in total. The van der Waals surface area contributed by atoms with Crippen LogP contribution in [0.2, 0.25) is 0 Å². The fourth-order valence-corrected chi connectivity index (χ4v) is 3.80. The normalized spacial score (nSPS) is 11.4. The molecule has 0 aliphatic carbocycles. The molecule has 3 rings (SSSR count). The molecule has 0 amide bonds. The number of benzene rings is 2. The van der Waals surface area contributed by atoms with Gasteiger partial charge in [0.1, 0.15) is 13.2 Å². The standard InChI is InChI=1S/C22H23N2O2S2/c1-24(2,3)11-12-26-22(27)19-13-16-7-4-5-8-17(16)14-20(19)28-21(25)18-9-6-10-23-15-18/h4-10,13-15H,11-12H2,1-3H3/q+1. The molecule has 144 valence electrons. The second-order valence-electron chi connectivity index (χ2n) is 7.48. The van der Waals surface area contributed by atoms with Gasteiger partial charge in [0, 0.05) is 28.4 Å². The lowest BCUT2D eigenvalue weighted by molar-refractivity contribution is -0.870. The Morgan fingerprint density at radius 2 is 1.82 bits per heavy atom. The minimum Gasteiger partial charge on any atom is -0.477 e. The zero-order valence-electron chi connectivity index (χ0n) is 16.2.